The molecule has 0 aliphatic heterocycles. The van der Waals surface area contributed by atoms with Crippen molar-refractivity contribution in [1.82, 2.24) is 0 Å². The lowest BCUT2D eigenvalue weighted by Crippen LogP contribution is -2.29. The number of ether oxygens (including phenoxy) is 1. The average Bonchev–Trinajstić information content (AvgIpc) is 2.37. The van der Waals surface area contributed by atoms with Gasteiger partial charge in [0.2, 0.25) is 0 Å². The number of halogens is 2. The third-order valence-electron chi connectivity index (χ3n) is 2.33. The summed E-state index contributed by atoms with van der Waals surface area (Å²) in [6.07, 6.45) is 5.28. The molecular weight excluding hydrogens is 313 g/mol. The minimum atomic E-state index is -0.939. The number of hydrogen-bond donors (Lipinski definition) is 1. The van der Waals surface area contributed by atoms with E-state index in [0.717, 1.165) is 0 Å². The third kappa shape index (κ3) is 6.47. The normalized spacial score (nSPS) is 12.6. The van der Waals surface area contributed by atoms with Gasteiger partial charge in [0, 0.05) is 21.8 Å². The zero-order valence-electron chi connectivity index (χ0n) is 11.6. The van der Waals surface area contributed by atoms with Crippen molar-refractivity contribution < 1.29 is 14.3 Å². The van der Waals surface area contributed by atoms with E-state index in [2.05, 4.69) is 5.32 Å². The molecule has 1 amide bonds. The van der Waals surface area contributed by atoms with Crippen LogP contribution in [0.25, 0.3) is 0 Å². The number of amides is 1. The predicted molar refractivity (Wildman–Crippen MR) is 84.6 cm³/mol. The molecular formula is C15H15Cl2NO3. The predicted octanol–water partition coefficient (Wildman–Crippen LogP) is 4.00. The topological polar surface area (TPSA) is 55.4 Å². The maximum absolute atomic E-state index is 11.9. The molecule has 0 saturated carbocycles. The van der Waals surface area contributed by atoms with E-state index in [0.29, 0.717) is 15.7 Å². The quantitative estimate of drug-likeness (QED) is 0.505. The molecule has 0 fully saturated rings. The summed E-state index contributed by atoms with van der Waals surface area (Å²) in [5.74, 6) is -1.07. The highest BCUT2D eigenvalue weighted by Gasteiger charge is 2.16. The van der Waals surface area contributed by atoms with Gasteiger partial charge in [0.1, 0.15) is 0 Å². The molecule has 0 saturated heterocycles. The lowest BCUT2D eigenvalue weighted by Gasteiger charge is -2.12. The molecule has 0 aliphatic carbocycles. The largest absolute Gasteiger partial charge is 0.449 e. The maximum Gasteiger partial charge on any atom is 0.331 e. The van der Waals surface area contributed by atoms with Crippen LogP contribution >= 0.6 is 23.2 Å². The Hall–Kier alpha value is -1.78. The van der Waals surface area contributed by atoms with Gasteiger partial charge in [-0.05, 0) is 32.0 Å². The number of rotatable bonds is 5. The molecule has 1 N–H and O–H groups in total. The van der Waals surface area contributed by atoms with Crippen LogP contribution in [0.1, 0.15) is 13.8 Å². The van der Waals surface area contributed by atoms with Crippen LogP contribution in [-0.4, -0.2) is 18.0 Å². The molecule has 0 bridgehead atoms. The molecule has 0 radical (unpaired) electrons. The number of allylic oxidation sites excluding steroid dienone is 3. The van der Waals surface area contributed by atoms with Gasteiger partial charge in [0.05, 0.1) is 0 Å². The van der Waals surface area contributed by atoms with Gasteiger partial charge in [-0.25, -0.2) is 4.79 Å². The Morgan fingerprint density at radius 2 is 1.81 bits per heavy atom. The second-order valence-corrected chi connectivity index (χ2v) is 4.98. The molecule has 0 aliphatic rings. The molecule has 0 heterocycles. The molecule has 1 rings (SSSR count). The summed E-state index contributed by atoms with van der Waals surface area (Å²) >= 11 is 11.7. The van der Waals surface area contributed by atoms with Crippen LogP contribution in [0.5, 0.6) is 0 Å². The van der Waals surface area contributed by atoms with Gasteiger partial charge in [0.25, 0.3) is 5.91 Å². The fourth-order valence-corrected chi connectivity index (χ4v) is 1.91. The summed E-state index contributed by atoms with van der Waals surface area (Å²) < 4.78 is 4.95. The molecule has 21 heavy (non-hydrogen) atoms. The minimum Gasteiger partial charge on any atom is -0.449 e. The van der Waals surface area contributed by atoms with Crippen LogP contribution in [-0.2, 0) is 14.3 Å². The van der Waals surface area contributed by atoms with Gasteiger partial charge in [-0.2, -0.15) is 0 Å². The fourth-order valence-electron chi connectivity index (χ4n) is 1.38. The van der Waals surface area contributed by atoms with Crippen molar-refractivity contribution in [2.45, 2.75) is 20.0 Å². The van der Waals surface area contributed by atoms with E-state index in [-0.39, 0.29) is 0 Å². The number of hydrogen-bond acceptors (Lipinski definition) is 3. The summed E-state index contributed by atoms with van der Waals surface area (Å²) in [4.78, 5) is 23.3. The van der Waals surface area contributed by atoms with Gasteiger partial charge in [-0.3, -0.25) is 4.79 Å². The SMILES string of the molecule is CC=CC=CC(=O)OC(C)C(=O)Nc1cc(Cl)cc(Cl)c1. The highest BCUT2D eigenvalue weighted by molar-refractivity contribution is 6.35. The Kier molecular flexibility index (Phi) is 6.99. The van der Waals surface area contributed by atoms with E-state index in [1.807, 2.05) is 6.92 Å². The van der Waals surface area contributed by atoms with Crippen LogP contribution in [0.4, 0.5) is 5.69 Å². The Balaban J connectivity index is 2.60. The van der Waals surface area contributed by atoms with Gasteiger partial charge in [-0.1, -0.05) is 41.4 Å². The smallest absolute Gasteiger partial charge is 0.331 e. The maximum atomic E-state index is 11.9. The number of esters is 1. The third-order valence-corrected chi connectivity index (χ3v) is 2.76. The summed E-state index contributed by atoms with van der Waals surface area (Å²) in [5, 5.41) is 3.37. The van der Waals surface area contributed by atoms with Crippen molar-refractivity contribution in [3.05, 3.63) is 52.5 Å². The highest BCUT2D eigenvalue weighted by atomic mass is 35.5. The van der Waals surface area contributed by atoms with Crippen LogP contribution in [0.3, 0.4) is 0 Å². The van der Waals surface area contributed by atoms with Crippen LogP contribution in [0.15, 0.2) is 42.5 Å². The van der Waals surface area contributed by atoms with E-state index in [4.69, 9.17) is 27.9 Å². The summed E-state index contributed by atoms with van der Waals surface area (Å²) in [6, 6.07) is 4.64. The van der Waals surface area contributed by atoms with Crippen molar-refractivity contribution in [2.24, 2.45) is 0 Å². The number of anilines is 1. The average molecular weight is 328 g/mol. The minimum absolute atomic E-state index is 0.400. The van der Waals surface area contributed by atoms with E-state index in [1.165, 1.54) is 19.1 Å². The fraction of sp³-hybridized carbons (Fsp3) is 0.200. The van der Waals surface area contributed by atoms with E-state index < -0.39 is 18.0 Å². The van der Waals surface area contributed by atoms with Crippen LogP contribution in [0.2, 0.25) is 10.0 Å². The lowest BCUT2D eigenvalue weighted by atomic mass is 10.3. The Morgan fingerprint density at radius 1 is 1.19 bits per heavy atom. The zero-order valence-corrected chi connectivity index (χ0v) is 13.1. The van der Waals surface area contributed by atoms with Gasteiger partial charge < -0.3 is 10.1 Å². The van der Waals surface area contributed by atoms with Gasteiger partial charge >= 0.3 is 5.97 Å². The van der Waals surface area contributed by atoms with Crippen molar-refractivity contribution in [3.8, 4) is 0 Å². The zero-order chi connectivity index (χ0) is 15.8. The molecule has 6 heteroatoms. The Labute approximate surface area is 133 Å². The summed E-state index contributed by atoms with van der Waals surface area (Å²) in [6.45, 7) is 3.30. The van der Waals surface area contributed by atoms with Gasteiger partial charge in [0.15, 0.2) is 6.10 Å². The Morgan fingerprint density at radius 3 is 2.38 bits per heavy atom. The van der Waals surface area contributed by atoms with Crippen LogP contribution in [0, 0.1) is 0 Å². The van der Waals surface area contributed by atoms with Crippen molar-refractivity contribution in [1.29, 1.82) is 0 Å². The molecule has 0 aromatic heterocycles. The summed E-state index contributed by atoms with van der Waals surface area (Å²) in [5.41, 5.74) is 0.435. The van der Waals surface area contributed by atoms with Crippen molar-refractivity contribution in [2.75, 3.05) is 5.32 Å². The first-order chi connectivity index (χ1) is 9.92. The lowest BCUT2D eigenvalue weighted by molar-refractivity contribution is -0.148. The molecule has 112 valence electrons. The molecule has 1 aromatic rings. The second kappa shape index (κ2) is 8.49. The molecule has 0 spiro atoms. The number of nitrogens with one attached hydrogen (secondary N) is 1. The van der Waals surface area contributed by atoms with Crippen LogP contribution < -0.4 is 5.32 Å². The second-order valence-electron chi connectivity index (χ2n) is 4.11. The van der Waals surface area contributed by atoms with Crippen molar-refractivity contribution >= 4 is 40.8 Å². The van der Waals surface area contributed by atoms with Crippen molar-refractivity contribution in [3.63, 3.8) is 0 Å². The van der Waals surface area contributed by atoms with E-state index in [1.54, 1.807) is 30.4 Å². The number of carbonyl (C=O) groups is 2. The van der Waals surface area contributed by atoms with E-state index >= 15 is 0 Å². The molecule has 1 aromatic carbocycles. The first kappa shape index (κ1) is 17.3. The first-order valence-electron chi connectivity index (χ1n) is 6.19. The first-order valence-corrected chi connectivity index (χ1v) is 6.95. The number of carbonyl (C=O) groups excluding carboxylic acids is 2. The highest BCUT2D eigenvalue weighted by Crippen LogP contribution is 2.22. The molecule has 1 atom stereocenters. The Bertz CT molecular complexity index is 562. The molecule has 4 nitrogen and oxygen atoms in total. The summed E-state index contributed by atoms with van der Waals surface area (Å²) in [7, 11) is 0. The number of benzene rings is 1. The monoisotopic (exact) mass is 327 g/mol. The molecule has 1 unspecified atom stereocenters. The van der Waals surface area contributed by atoms with E-state index in [9.17, 15) is 9.59 Å². The standard InChI is InChI=1S/C15H15Cl2NO3/c1-3-4-5-6-14(19)21-10(2)15(20)18-13-8-11(16)7-12(17)9-13/h3-10H,1-2H3,(H,18,20). The van der Waals surface area contributed by atoms with Gasteiger partial charge in [-0.15, -0.1) is 0 Å².